The predicted octanol–water partition coefficient (Wildman–Crippen LogP) is 3.12. The Balaban J connectivity index is 1.60. The molecule has 0 spiro atoms. The summed E-state index contributed by atoms with van der Waals surface area (Å²) in [5, 5.41) is 15.7. The minimum atomic E-state index is -0.517. The summed E-state index contributed by atoms with van der Waals surface area (Å²) in [4.78, 5) is 26.9. The Morgan fingerprint density at radius 1 is 1.06 bits per heavy atom. The molecule has 2 aromatic heterocycles. The van der Waals surface area contributed by atoms with Crippen LogP contribution >= 0.6 is 0 Å². The number of nitrogens with one attached hydrogen (secondary N) is 1. The topological polar surface area (TPSA) is 104 Å². The fraction of sp³-hybridized carbons (Fsp3) is 0.125. The maximum Gasteiger partial charge on any atom is 0.329 e. The van der Waals surface area contributed by atoms with E-state index in [-0.39, 0.29) is 5.75 Å². The summed E-state index contributed by atoms with van der Waals surface area (Å²) in [5.74, 6) is 1.51. The number of aromatic nitrogens is 2. The molecule has 0 amide bonds. The lowest BCUT2D eigenvalue weighted by atomic mass is 10.1. The van der Waals surface area contributed by atoms with E-state index in [1.54, 1.807) is 35.3 Å². The Hall–Kier alpha value is -4.33. The molecule has 8 nitrogen and oxygen atoms in total. The van der Waals surface area contributed by atoms with Gasteiger partial charge in [-0.05, 0) is 36.2 Å². The number of nitrogens with zero attached hydrogens (tertiary/aromatic N) is 3. The smallest absolute Gasteiger partial charge is 0.329 e. The molecule has 0 aliphatic rings. The van der Waals surface area contributed by atoms with Gasteiger partial charge in [-0.3, -0.25) is 14.3 Å². The third kappa shape index (κ3) is 4.86. The first-order valence-electron chi connectivity index (χ1n) is 10.0. The van der Waals surface area contributed by atoms with Gasteiger partial charge in [0.15, 0.2) is 0 Å². The van der Waals surface area contributed by atoms with Gasteiger partial charge in [0.1, 0.15) is 23.1 Å². The second-order valence-electron chi connectivity index (χ2n) is 7.21. The predicted molar refractivity (Wildman–Crippen MR) is 123 cm³/mol. The Bertz CT molecular complexity index is 1320. The van der Waals surface area contributed by atoms with Gasteiger partial charge in [-0.2, -0.15) is 5.10 Å². The Kier molecular flexibility index (Phi) is 6.03. The Labute approximate surface area is 183 Å². The van der Waals surface area contributed by atoms with E-state index in [1.165, 1.54) is 19.3 Å². The molecule has 0 atom stereocenters. The summed E-state index contributed by atoms with van der Waals surface area (Å²) in [6.07, 6.45) is 2.18. The molecule has 2 heterocycles. The number of anilines is 1. The molecule has 4 rings (SSSR count). The summed E-state index contributed by atoms with van der Waals surface area (Å²) < 4.78 is 6.81. The largest absolute Gasteiger partial charge is 0.508 e. The molecule has 2 aromatic carbocycles. The first-order valence-corrected chi connectivity index (χ1v) is 10.0. The second kappa shape index (κ2) is 9.22. The minimum Gasteiger partial charge on any atom is -0.508 e. The number of rotatable bonds is 7. The number of furan rings is 1. The van der Waals surface area contributed by atoms with Crippen LogP contribution in [0, 0.1) is 0 Å². The molecule has 0 fully saturated rings. The third-order valence-electron chi connectivity index (χ3n) is 4.95. The number of phenols is 1. The average molecular weight is 430 g/mol. The summed E-state index contributed by atoms with van der Waals surface area (Å²) in [6.45, 7) is 0.434. The van der Waals surface area contributed by atoms with Crippen LogP contribution in [-0.2, 0) is 13.5 Å². The van der Waals surface area contributed by atoms with Crippen LogP contribution in [0.3, 0.4) is 0 Å². The first kappa shape index (κ1) is 20.9. The SMILES string of the molecule is Cn1c(=O)cc(N(CCc2ccccc2)/N=C/c2ccc(-c3cccc(O)c3)o2)[nH]c1=O. The van der Waals surface area contributed by atoms with Crippen molar-refractivity contribution in [2.45, 2.75) is 6.42 Å². The minimum absolute atomic E-state index is 0.149. The van der Waals surface area contributed by atoms with Crippen LogP contribution in [0.15, 0.2) is 91.9 Å². The van der Waals surface area contributed by atoms with E-state index in [4.69, 9.17) is 4.42 Å². The summed E-state index contributed by atoms with van der Waals surface area (Å²) in [6, 6.07) is 21.5. The molecule has 0 aliphatic heterocycles. The van der Waals surface area contributed by atoms with E-state index < -0.39 is 11.2 Å². The number of hydrogen-bond donors (Lipinski definition) is 2. The van der Waals surface area contributed by atoms with Crippen LogP contribution in [0.2, 0.25) is 0 Å². The van der Waals surface area contributed by atoms with E-state index in [0.717, 1.165) is 15.7 Å². The number of aromatic hydroxyl groups is 1. The van der Waals surface area contributed by atoms with Gasteiger partial charge in [0, 0.05) is 25.2 Å². The zero-order chi connectivity index (χ0) is 22.5. The van der Waals surface area contributed by atoms with Crippen LogP contribution in [0.25, 0.3) is 11.3 Å². The van der Waals surface area contributed by atoms with E-state index in [9.17, 15) is 14.7 Å². The van der Waals surface area contributed by atoms with Crippen molar-refractivity contribution in [3.8, 4) is 17.1 Å². The summed E-state index contributed by atoms with van der Waals surface area (Å²) in [5.41, 5.74) is 0.897. The molecule has 8 heteroatoms. The van der Waals surface area contributed by atoms with Gasteiger partial charge < -0.3 is 9.52 Å². The number of H-pyrrole nitrogens is 1. The second-order valence-corrected chi connectivity index (χ2v) is 7.21. The molecule has 0 radical (unpaired) electrons. The van der Waals surface area contributed by atoms with Crippen molar-refractivity contribution in [3.05, 3.63) is 105 Å². The number of aromatic amines is 1. The van der Waals surface area contributed by atoms with E-state index in [0.29, 0.717) is 30.3 Å². The summed E-state index contributed by atoms with van der Waals surface area (Å²) in [7, 11) is 1.41. The van der Waals surface area contributed by atoms with Crippen LogP contribution in [-0.4, -0.2) is 27.4 Å². The standard InChI is InChI=1S/C24H22N4O4/c1-27-23(30)15-22(26-24(27)31)28(13-12-17-6-3-2-4-7-17)25-16-20-10-11-21(32-20)18-8-5-9-19(29)14-18/h2-11,14-16,29H,12-13H2,1H3,(H,26,31)/b25-16+. The number of phenolic OH excluding ortho intramolecular Hbond substituents is 1. The number of hydrogen-bond acceptors (Lipinski definition) is 6. The van der Waals surface area contributed by atoms with E-state index >= 15 is 0 Å². The Morgan fingerprint density at radius 3 is 2.62 bits per heavy atom. The van der Waals surface area contributed by atoms with Crippen LogP contribution in [0.5, 0.6) is 5.75 Å². The van der Waals surface area contributed by atoms with Crippen molar-refractivity contribution in [2.24, 2.45) is 12.1 Å². The van der Waals surface area contributed by atoms with Crippen molar-refractivity contribution in [2.75, 3.05) is 11.6 Å². The highest BCUT2D eigenvalue weighted by atomic mass is 16.3. The molecular formula is C24H22N4O4. The van der Waals surface area contributed by atoms with Crippen molar-refractivity contribution >= 4 is 12.0 Å². The molecule has 4 aromatic rings. The molecule has 0 aliphatic carbocycles. The highest BCUT2D eigenvalue weighted by molar-refractivity contribution is 5.78. The van der Waals surface area contributed by atoms with Gasteiger partial charge >= 0.3 is 5.69 Å². The third-order valence-corrected chi connectivity index (χ3v) is 4.95. The summed E-state index contributed by atoms with van der Waals surface area (Å²) >= 11 is 0. The lowest BCUT2D eigenvalue weighted by molar-refractivity contribution is 0.475. The lowest BCUT2D eigenvalue weighted by Gasteiger charge is -2.18. The van der Waals surface area contributed by atoms with Gasteiger partial charge in [-0.15, -0.1) is 0 Å². The van der Waals surface area contributed by atoms with E-state index in [1.807, 2.05) is 36.4 Å². The fourth-order valence-electron chi connectivity index (χ4n) is 3.17. The van der Waals surface area contributed by atoms with Crippen LogP contribution in [0.4, 0.5) is 5.82 Å². The van der Waals surface area contributed by atoms with Crippen molar-refractivity contribution in [1.29, 1.82) is 0 Å². The normalized spacial score (nSPS) is 11.2. The average Bonchev–Trinajstić information content (AvgIpc) is 3.27. The van der Waals surface area contributed by atoms with Gasteiger partial charge in [0.05, 0.1) is 6.21 Å². The molecular weight excluding hydrogens is 408 g/mol. The Morgan fingerprint density at radius 2 is 1.88 bits per heavy atom. The quantitative estimate of drug-likeness (QED) is 0.346. The molecule has 0 bridgehead atoms. The van der Waals surface area contributed by atoms with Crippen LogP contribution < -0.4 is 16.3 Å². The fourth-order valence-corrected chi connectivity index (χ4v) is 3.17. The van der Waals surface area contributed by atoms with Gasteiger partial charge in [-0.1, -0.05) is 42.5 Å². The van der Waals surface area contributed by atoms with Crippen LogP contribution in [0.1, 0.15) is 11.3 Å². The van der Waals surface area contributed by atoms with Crippen molar-refractivity contribution in [3.63, 3.8) is 0 Å². The molecule has 2 N–H and O–H groups in total. The highest BCUT2D eigenvalue weighted by Crippen LogP contribution is 2.24. The highest BCUT2D eigenvalue weighted by Gasteiger charge is 2.10. The van der Waals surface area contributed by atoms with Crippen molar-refractivity contribution < 1.29 is 9.52 Å². The maximum absolute atomic E-state index is 12.1. The molecule has 0 saturated heterocycles. The zero-order valence-electron chi connectivity index (χ0n) is 17.4. The molecule has 0 saturated carbocycles. The zero-order valence-corrected chi connectivity index (χ0v) is 17.4. The number of benzene rings is 2. The maximum atomic E-state index is 12.1. The molecule has 0 unspecified atom stereocenters. The molecule has 32 heavy (non-hydrogen) atoms. The van der Waals surface area contributed by atoms with Gasteiger partial charge in [0.25, 0.3) is 5.56 Å². The lowest BCUT2D eigenvalue weighted by Crippen LogP contribution is -2.35. The molecule has 162 valence electrons. The monoisotopic (exact) mass is 430 g/mol. The van der Waals surface area contributed by atoms with Gasteiger partial charge in [-0.25, -0.2) is 9.80 Å². The number of hydrazone groups is 1. The van der Waals surface area contributed by atoms with Gasteiger partial charge in [0.2, 0.25) is 0 Å². The first-order chi connectivity index (χ1) is 15.5. The van der Waals surface area contributed by atoms with E-state index in [2.05, 4.69) is 10.1 Å². The van der Waals surface area contributed by atoms with Crippen molar-refractivity contribution in [1.82, 2.24) is 9.55 Å².